The molecule has 1 amide bonds. The number of hydrogen-bond donors (Lipinski definition) is 3. The van der Waals surface area contributed by atoms with Crippen LogP contribution in [0.2, 0.25) is 0 Å². The lowest BCUT2D eigenvalue weighted by Crippen LogP contribution is -2.42. The minimum atomic E-state index is -0.976. The Balaban J connectivity index is 1.92. The molecule has 3 aromatic rings. The number of nitrogens with one attached hydrogen (secondary N) is 2. The number of H-pyrrole nitrogens is 1. The Kier molecular flexibility index (Phi) is 5.40. The third kappa shape index (κ3) is 4.63. The Labute approximate surface area is 165 Å². The molecule has 0 aliphatic heterocycles. The fraction of sp³-hybridized carbons (Fsp3) is 0.250. The highest BCUT2D eigenvalue weighted by Gasteiger charge is 2.27. The van der Waals surface area contributed by atoms with Crippen LogP contribution >= 0.6 is 0 Å². The number of aromatic nitrogens is 4. The molecule has 3 N–H and O–H groups in total. The summed E-state index contributed by atoms with van der Waals surface area (Å²) in [6.45, 7) is 4.68. The van der Waals surface area contributed by atoms with E-state index in [4.69, 9.17) is 0 Å². The minimum absolute atomic E-state index is 0.0660. The first-order valence-electron chi connectivity index (χ1n) is 8.84. The Hall–Kier alpha value is -3.62. The summed E-state index contributed by atoms with van der Waals surface area (Å²) in [5.74, 6) is -0.998. The van der Waals surface area contributed by atoms with Gasteiger partial charge in [0.25, 0.3) is 5.56 Å². The Morgan fingerprint density at radius 3 is 2.38 bits per heavy atom. The van der Waals surface area contributed by atoms with Gasteiger partial charge in [0.1, 0.15) is 11.6 Å². The van der Waals surface area contributed by atoms with Crippen LogP contribution in [-0.4, -0.2) is 30.9 Å². The van der Waals surface area contributed by atoms with Crippen LogP contribution in [0.4, 0.5) is 4.39 Å². The number of hydrogen-bond acceptors (Lipinski definition) is 6. The average Bonchev–Trinajstić information content (AvgIpc) is 2.65. The van der Waals surface area contributed by atoms with Crippen LogP contribution in [0.1, 0.15) is 37.7 Å². The summed E-state index contributed by atoms with van der Waals surface area (Å²) in [6.07, 6.45) is 3.59. The maximum atomic E-state index is 13.0. The van der Waals surface area contributed by atoms with Crippen molar-refractivity contribution in [3.05, 3.63) is 69.8 Å². The molecule has 2 aromatic heterocycles. The molecule has 29 heavy (non-hydrogen) atoms. The number of benzene rings is 1. The van der Waals surface area contributed by atoms with Crippen LogP contribution in [0.5, 0.6) is 5.75 Å². The zero-order valence-corrected chi connectivity index (χ0v) is 16.2. The summed E-state index contributed by atoms with van der Waals surface area (Å²) >= 11 is 0. The molecule has 0 saturated carbocycles. The molecular formula is C20H20FN5O3. The normalized spacial score (nSPS) is 11.3. The van der Waals surface area contributed by atoms with E-state index >= 15 is 0 Å². The monoisotopic (exact) mass is 397 g/mol. The molecule has 0 radical (unpaired) electrons. The second kappa shape index (κ2) is 7.78. The van der Waals surface area contributed by atoms with Gasteiger partial charge in [0.2, 0.25) is 11.7 Å². The number of aromatic amines is 1. The number of carbonyl (C=O) groups is 1. The highest BCUT2D eigenvalue weighted by Crippen LogP contribution is 2.24. The molecule has 1 aromatic carbocycles. The zero-order valence-electron chi connectivity index (χ0n) is 16.2. The molecule has 3 rings (SSSR count). The van der Waals surface area contributed by atoms with Crippen molar-refractivity contribution in [2.45, 2.75) is 32.7 Å². The SMILES string of the molecule is CC(=O)NC(C)(C)c1nc(-c2ncc(Cc3ccc(F)cc3)cn2)c(O)c(=O)[nH]1. The van der Waals surface area contributed by atoms with Crippen molar-refractivity contribution in [1.29, 1.82) is 0 Å². The van der Waals surface area contributed by atoms with E-state index in [-0.39, 0.29) is 29.1 Å². The second-order valence-electron chi connectivity index (χ2n) is 7.14. The first-order valence-corrected chi connectivity index (χ1v) is 8.84. The van der Waals surface area contributed by atoms with Gasteiger partial charge < -0.3 is 15.4 Å². The van der Waals surface area contributed by atoms with Gasteiger partial charge in [0.05, 0.1) is 5.54 Å². The van der Waals surface area contributed by atoms with Crippen molar-refractivity contribution in [2.75, 3.05) is 0 Å². The van der Waals surface area contributed by atoms with Crippen LogP contribution in [0.25, 0.3) is 11.5 Å². The van der Waals surface area contributed by atoms with Crippen molar-refractivity contribution in [3.63, 3.8) is 0 Å². The molecule has 0 unspecified atom stereocenters. The molecule has 8 nitrogen and oxygen atoms in total. The maximum Gasteiger partial charge on any atom is 0.293 e. The highest BCUT2D eigenvalue weighted by molar-refractivity contribution is 5.73. The zero-order chi connectivity index (χ0) is 21.2. The molecule has 0 fully saturated rings. The fourth-order valence-corrected chi connectivity index (χ4v) is 2.82. The summed E-state index contributed by atoms with van der Waals surface area (Å²) in [7, 11) is 0. The van der Waals surface area contributed by atoms with E-state index in [1.165, 1.54) is 19.1 Å². The van der Waals surface area contributed by atoms with Gasteiger partial charge in [-0.05, 0) is 37.1 Å². The molecule has 0 atom stereocenters. The van der Waals surface area contributed by atoms with Crippen LogP contribution in [-0.2, 0) is 16.8 Å². The molecule has 0 aliphatic carbocycles. The van der Waals surface area contributed by atoms with Gasteiger partial charge in [-0.2, -0.15) is 0 Å². The number of carbonyl (C=O) groups excluding carboxylic acids is 1. The first-order chi connectivity index (χ1) is 13.7. The van der Waals surface area contributed by atoms with E-state index in [1.54, 1.807) is 38.4 Å². The molecule has 0 saturated heterocycles. The van der Waals surface area contributed by atoms with Gasteiger partial charge in [-0.15, -0.1) is 0 Å². The predicted octanol–water partition coefficient (Wildman–Crippen LogP) is 2.03. The van der Waals surface area contributed by atoms with Crippen LogP contribution in [0.3, 0.4) is 0 Å². The summed E-state index contributed by atoms with van der Waals surface area (Å²) in [5, 5.41) is 12.8. The molecule has 2 heterocycles. The standard InChI is InChI=1S/C20H20FN5O3/c1-11(27)26-20(2,3)19-24-15(16(28)18(29)25-19)17-22-9-13(10-23-17)8-12-4-6-14(21)7-5-12/h4-7,9-10,28H,8H2,1-3H3,(H,26,27)(H,24,25,29). The van der Waals surface area contributed by atoms with E-state index in [2.05, 4.69) is 25.3 Å². The first kappa shape index (κ1) is 20.1. The van der Waals surface area contributed by atoms with Gasteiger partial charge in [-0.25, -0.2) is 19.3 Å². The molecule has 0 bridgehead atoms. The second-order valence-corrected chi connectivity index (χ2v) is 7.14. The van der Waals surface area contributed by atoms with Crippen LogP contribution < -0.4 is 10.9 Å². The van der Waals surface area contributed by atoms with E-state index < -0.39 is 16.8 Å². The van der Waals surface area contributed by atoms with Gasteiger partial charge in [0.15, 0.2) is 11.5 Å². The fourth-order valence-electron chi connectivity index (χ4n) is 2.82. The molecule has 150 valence electrons. The summed E-state index contributed by atoms with van der Waals surface area (Å²) < 4.78 is 13.0. The summed E-state index contributed by atoms with van der Waals surface area (Å²) in [4.78, 5) is 38.7. The lowest BCUT2D eigenvalue weighted by molar-refractivity contribution is -0.120. The van der Waals surface area contributed by atoms with Crippen molar-refractivity contribution < 1.29 is 14.3 Å². The Morgan fingerprint density at radius 1 is 1.17 bits per heavy atom. The summed E-state index contributed by atoms with van der Waals surface area (Å²) in [6, 6.07) is 6.09. The smallest absolute Gasteiger partial charge is 0.293 e. The summed E-state index contributed by atoms with van der Waals surface area (Å²) in [5.41, 5.74) is -0.170. The Bertz CT molecular complexity index is 1090. The average molecular weight is 397 g/mol. The van der Waals surface area contributed by atoms with Crippen molar-refractivity contribution in [1.82, 2.24) is 25.3 Å². The highest BCUT2D eigenvalue weighted by atomic mass is 19.1. The van der Waals surface area contributed by atoms with Crippen molar-refractivity contribution in [2.24, 2.45) is 0 Å². The largest absolute Gasteiger partial charge is 0.501 e. The number of amides is 1. The van der Waals surface area contributed by atoms with Crippen molar-refractivity contribution in [3.8, 4) is 17.3 Å². The lowest BCUT2D eigenvalue weighted by atomic mass is 10.0. The van der Waals surface area contributed by atoms with Gasteiger partial charge in [-0.1, -0.05) is 12.1 Å². The molecule has 0 aliphatic rings. The lowest BCUT2D eigenvalue weighted by Gasteiger charge is -2.24. The van der Waals surface area contributed by atoms with Gasteiger partial charge in [0, 0.05) is 25.7 Å². The number of rotatable bonds is 5. The molecule has 0 spiro atoms. The predicted molar refractivity (Wildman–Crippen MR) is 104 cm³/mol. The van der Waals surface area contributed by atoms with E-state index in [9.17, 15) is 19.1 Å². The minimum Gasteiger partial charge on any atom is -0.501 e. The number of halogens is 1. The van der Waals surface area contributed by atoms with Crippen LogP contribution in [0.15, 0.2) is 41.5 Å². The quantitative estimate of drug-likeness (QED) is 0.606. The topological polar surface area (TPSA) is 121 Å². The molecule has 9 heteroatoms. The van der Waals surface area contributed by atoms with E-state index in [1.807, 2.05) is 0 Å². The molecular weight excluding hydrogens is 377 g/mol. The number of nitrogens with zero attached hydrogens (tertiary/aromatic N) is 3. The maximum absolute atomic E-state index is 13.0. The van der Waals surface area contributed by atoms with Gasteiger partial charge >= 0.3 is 0 Å². The Morgan fingerprint density at radius 2 is 1.79 bits per heavy atom. The third-order valence-corrected chi connectivity index (χ3v) is 4.21. The van der Waals surface area contributed by atoms with E-state index in [0.29, 0.717) is 6.42 Å². The third-order valence-electron chi connectivity index (χ3n) is 4.21. The van der Waals surface area contributed by atoms with E-state index in [0.717, 1.165) is 11.1 Å². The van der Waals surface area contributed by atoms with Crippen LogP contribution in [0, 0.1) is 5.82 Å². The van der Waals surface area contributed by atoms with Crippen molar-refractivity contribution >= 4 is 5.91 Å². The number of aromatic hydroxyl groups is 1. The van der Waals surface area contributed by atoms with Gasteiger partial charge in [-0.3, -0.25) is 9.59 Å².